The highest BCUT2D eigenvalue weighted by atomic mass is 127. The molecule has 1 heterocycles. The Morgan fingerprint density at radius 3 is 2.25 bits per heavy atom. The van der Waals surface area contributed by atoms with E-state index in [1.54, 1.807) is 19.2 Å². The van der Waals surface area contributed by atoms with Crippen LogP contribution >= 0.6 is 24.0 Å². The summed E-state index contributed by atoms with van der Waals surface area (Å²) in [5.74, 6) is 2.11. The maximum Gasteiger partial charge on any atom is 0.194 e. The van der Waals surface area contributed by atoms with Crippen molar-refractivity contribution in [2.45, 2.75) is 13.5 Å². The van der Waals surface area contributed by atoms with Gasteiger partial charge in [-0.15, -0.1) is 24.0 Å². The zero-order valence-corrected chi connectivity index (χ0v) is 18.8. The van der Waals surface area contributed by atoms with Gasteiger partial charge in [0.2, 0.25) is 0 Å². The van der Waals surface area contributed by atoms with E-state index in [0.717, 1.165) is 50.0 Å². The lowest BCUT2D eigenvalue weighted by Gasteiger charge is -2.37. The molecule has 0 atom stereocenters. The molecule has 3 rings (SSSR count). The summed E-state index contributed by atoms with van der Waals surface area (Å²) in [5.41, 5.74) is 2.31. The second-order valence-corrected chi connectivity index (χ2v) is 6.51. The van der Waals surface area contributed by atoms with Gasteiger partial charge >= 0.3 is 0 Å². The van der Waals surface area contributed by atoms with Gasteiger partial charge in [-0.1, -0.05) is 12.1 Å². The van der Waals surface area contributed by atoms with Crippen molar-refractivity contribution in [3.63, 3.8) is 0 Å². The topological polar surface area (TPSA) is 60.3 Å². The Kier molecular flexibility index (Phi) is 8.69. The van der Waals surface area contributed by atoms with Crippen LogP contribution in [0.15, 0.2) is 53.5 Å². The predicted molar refractivity (Wildman–Crippen MR) is 125 cm³/mol. The summed E-state index contributed by atoms with van der Waals surface area (Å²) in [6.07, 6.45) is 0. The van der Waals surface area contributed by atoms with Gasteiger partial charge in [0.15, 0.2) is 5.96 Å². The lowest BCUT2D eigenvalue weighted by Crippen LogP contribution is -2.52. The highest BCUT2D eigenvalue weighted by Gasteiger charge is 2.19. The number of ether oxygens (including phenoxy) is 1. The normalized spacial score (nSPS) is 14.4. The highest BCUT2D eigenvalue weighted by molar-refractivity contribution is 14.0. The number of halogens is 1. The van der Waals surface area contributed by atoms with E-state index in [0.29, 0.717) is 6.54 Å². The number of aliphatic imine (C=N–C) groups is 1. The van der Waals surface area contributed by atoms with E-state index in [4.69, 9.17) is 9.73 Å². The Labute approximate surface area is 184 Å². The van der Waals surface area contributed by atoms with Crippen molar-refractivity contribution in [3.05, 3.63) is 54.1 Å². The average Bonchev–Trinajstić information content (AvgIpc) is 2.72. The Hall–Kier alpha value is -2.16. The van der Waals surface area contributed by atoms with Crippen LogP contribution in [0.4, 0.5) is 5.69 Å². The summed E-state index contributed by atoms with van der Waals surface area (Å²) in [5, 5.41) is 12.8. The molecule has 0 saturated carbocycles. The molecule has 152 valence electrons. The second kappa shape index (κ2) is 11.0. The first-order valence-electron chi connectivity index (χ1n) is 9.39. The number of aromatic hydroxyl groups is 1. The monoisotopic (exact) mass is 496 g/mol. The Morgan fingerprint density at radius 1 is 1.04 bits per heavy atom. The third kappa shape index (κ3) is 5.92. The lowest BCUT2D eigenvalue weighted by atomic mass is 10.2. The largest absolute Gasteiger partial charge is 0.508 e. The summed E-state index contributed by atoms with van der Waals surface area (Å²) in [6.45, 7) is 7.28. The summed E-state index contributed by atoms with van der Waals surface area (Å²) in [7, 11) is 1.69. The number of anilines is 1. The standard InChI is InChI=1S/C21H28N4O2.HI/c1-3-22-21(23-16-17-4-8-19(26)9-5-17)25-14-12-24(13-15-25)18-6-10-20(27-2)11-7-18;/h4-11,26H,3,12-16H2,1-2H3,(H,22,23);1H. The number of methoxy groups -OCH3 is 1. The molecular formula is C21H29IN4O2. The molecular weight excluding hydrogens is 467 g/mol. The van der Waals surface area contributed by atoms with Gasteiger partial charge in [0.25, 0.3) is 0 Å². The quantitative estimate of drug-likeness (QED) is 0.378. The molecule has 2 N–H and O–H groups in total. The van der Waals surface area contributed by atoms with E-state index in [2.05, 4.69) is 34.2 Å². The minimum Gasteiger partial charge on any atom is -0.508 e. The predicted octanol–water partition coefficient (Wildman–Crippen LogP) is 3.31. The molecule has 1 aliphatic rings. The first-order chi connectivity index (χ1) is 13.2. The van der Waals surface area contributed by atoms with Crippen LogP contribution in [0.2, 0.25) is 0 Å². The van der Waals surface area contributed by atoms with Crippen molar-refractivity contribution in [1.29, 1.82) is 0 Å². The van der Waals surface area contributed by atoms with Crippen LogP contribution in [0.3, 0.4) is 0 Å². The van der Waals surface area contributed by atoms with Crippen molar-refractivity contribution in [2.24, 2.45) is 4.99 Å². The average molecular weight is 496 g/mol. The zero-order valence-electron chi connectivity index (χ0n) is 16.5. The fourth-order valence-electron chi connectivity index (χ4n) is 3.16. The smallest absolute Gasteiger partial charge is 0.194 e. The van der Waals surface area contributed by atoms with Gasteiger partial charge in [-0.05, 0) is 48.9 Å². The van der Waals surface area contributed by atoms with Crippen LogP contribution in [-0.4, -0.2) is 55.8 Å². The molecule has 2 aromatic rings. The van der Waals surface area contributed by atoms with Crippen LogP contribution in [-0.2, 0) is 6.54 Å². The van der Waals surface area contributed by atoms with Crippen LogP contribution in [0.1, 0.15) is 12.5 Å². The van der Waals surface area contributed by atoms with Crippen LogP contribution < -0.4 is 15.0 Å². The molecule has 2 aromatic carbocycles. The Morgan fingerprint density at radius 2 is 1.68 bits per heavy atom. The number of piperazine rings is 1. The number of hydrogen-bond donors (Lipinski definition) is 2. The summed E-state index contributed by atoms with van der Waals surface area (Å²) >= 11 is 0. The molecule has 6 nitrogen and oxygen atoms in total. The Bertz CT molecular complexity index is 742. The van der Waals surface area contributed by atoms with Crippen molar-refractivity contribution in [1.82, 2.24) is 10.2 Å². The number of phenolic OH excluding ortho intramolecular Hbond substituents is 1. The van der Waals surface area contributed by atoms with Crippen molar-refractivity contribution >= 4 is 35.6 Å². The molecule has 0 bridgehead atoms. The maximum atomic E-state index is 9.40. The molecule has 0 amide bonds. The van der Waals surface area contributed by atoms with Gasteiger partial charge in [-0.25, -0.2) is 4.99 Å². The molecule has 0 aliphatic carbocycles. The maximum absolute atomic E-state index is 9.40. The summed E-state index contributed by atoms with van der Waals surface area (Å²) in [6, 6.07) is 15.4. The second-order valence-electron chi connectivity index (χ2n) is 6.51. The first-order valence-corrected chi connectivity index (χ1v) is 9.39. The van der Waals surface area contributed by atoms with Gasteiger partial charge in [-0.2, -0.15) is 0 Å². The van der Waals surface area contributed by atoms with Gasteiger partial charge in [0, 0.05) is 38.4 Å². The Balaban J connectivity index is 0.00000280. The number of benzene rings is 2. The van der Waals surface area contributed by atoms with E-state index in [1.807, 2.05) is 24.3 Å². The molecule has 0 unspecified atom stereocenters. The number of phenols is 1. The van der Waals surface area contributed by atoms with Gasteiger partial charge < -0.3 is 25.0 Å². The third-order valence-corrected chi connectivity index (χ3v) is 4.70. The van der Waals surface area contributed by atoms with E-state index in [-0.39, 0.29) is 29.7 Å². The number of hydrogen-bond acceptors (Lipinski definition) is 4. The number of nitrogens with zero attached hydrogens (tertiary/aromatic N) is 3. The van der Waals surface area contributed by atoms with Crippen molar-refractivity contribution in [3.8, 4) is 11.5 Å². The minimum atomic E-state index is 0. The van der Waals surface area contributed by atoms with Crippen molar-refractivity contribution in [2.75, 3.05) is 44.7 Å². The van der Waals surface area contributed by atoms with Crippen LogP contribution in [0.25, 0.3) is 0 Å². The van der Waals surface area contributed by atoms with Crippen LogP contribution in [0, 0.1) is 0 Å². The van der Waals surface area contributed by atoms with Crippen LogP contribution in [0.5, 0.6) is 11.5 Å². The van der Waals surface area contributed by atoms with E-state index < -0.39 is 0 Å². The van der Waals surface area contributed by atoms with Gasteiger partial charge in [0.05, 0.1) is 13.7 Å². The SMILES string of the molecule is CCNC(=NCc1ccc(O)cc1)N1CCN(c2ccc(OC)cc2)CC1.I. The fraction of sp³-hybridized carbons (Fsp3) is 0.381. The number of guanidine groups is 1. The number of rotatable bonds is 5. The number of nitrogens with one attached hydrogen (secondary N) is 1. The van der Waals surface area contributed by atoms with Gasteiger partial charge in [0.1, 0.15) is 11.5 Å². The molecule has 1 saturated heterocycles. The molecule has 0 radical (unpaired) electrons. The molecule has 1 aliphatic heterocycles. The molecule has 0 spiro atoms. The fourth-order valence-corrected chi connectivity index (χ4v) is 3.16. The molecule has 28 heavy (non-hydrogen) atoms. The van der Waals surface area contributed by atoms with E-state index in [1.165, 1.54) is 5.69 Å². The molecule has 0 aromatic heterocycles. The van der Waals surface area contributed by atoms with E-state index >= 15 is 0 Å². The minimum absolute atomic E-state index is 0. The highest BCUT2D eigenvalue weighted by Crippen LogP contribution is 2.20. The summed E-state index contributed by atoms with van der Waals surface area (Å²) in [4.78, 5) is 9.47. The zero-order chi connectivity index (χ0) is 19.1. The summed E-state index contributed by atoms with van der Waals surface area (Å²) < 4.78 is 5.24. The van der Waals surface area contributed by atoms with E-state index in [9.17, 15) is 5.11 Å². The van der Waals surface area contributed by atoms with Crippen molar-refractivity contribution < 1.29 is 9.84 Å². The molecule has 1 fully saturated rings. The lowest BCUT2D eigenvalue weighted by molar-refractivity contribution is 0.372. The third-order valence-electron chi connectivity index (χ3n) is 4.70. The first kappa shape index (κ1) is 22.1. The molecule has 7 heteroatoms. The van der Waals surface area contributed by atoms with Gasteiger partial charge in [-0.3, -0.25) is 0 Å².